The minimum absolute atomic E-state index is 0.114. The van der Waals surface area contributed by atoms with Crippen molar-refractivity contribution in [2.24, 2.45) is 5.73 Å². The van der Waals surface area contributed by atoms with E-state index in [1.54, 1.807) is 18.3 Å². The fourth-order valence-corrected chi connectivity index (χ4v) is 1.87. The van der Waals surface area contributed by atoms with E-state index < -0.39 is 17.7 Å². The molecule has 1 atom stereocenters. The van der Waals surface area contributed by atoms with Gasteiger partial charge in [-0.25, -0.2) is 13.8 Å². The molecule has 7 heteroatoms. The maximum Gasteiger partial charge on any atom is 0.237 e. The standard InChI is InChI=1S/C15H16F2N4O/c16-11-3-1-9(5-12(11)17)6-13(18)15(22)21-8-10-2-4-14(19)20-7-10/h1-5,7,13H,6,8,18H2,(H2,19,20)(H,21,22)/t13-/m0/s1. The van der Waals surface area contributed by atoms with E-state index in [9.17, 15) is 13.6 Å². The predicted octanol–water partition coefficient (Wildman–Crippen LogP) is 1.13. The van der Waals surface area contributed by atoms with E-state index in [4.69, 9.17) is 11.5 Å². The number of pyridine rings is 1. The topological polar surface area (TPSA) is 94.0 Å². The zero-order chi connectivity index (χ0) is 16.1. The summed E-state index contributed by atoms with van der Waals surface area (Å²) < 4.78 is 25.9. The van der Waals surface area contributed by atoms with Gasteiger partial charge in [0.2, 0.25) is 5.91 Å². The third kappa shape index (κ3) is 4.23. The fraction of sp³-hybridized carbons (Fsp3) is 0.200. The van der Waals surface area contributed by atoms with Crippen LogP contribution in [0.5, 0.6) is 0 Å². The molecule has 0 fully saturated rings. The van der Waals surface area contributed by atoms with E-state index in [0.29, 0.717) is 11.4 Å². The minimum atomic E-state index is -0.960. The lowest BCUT2D eigenvalue weighted by Crippen LogP contribution is -2.41. The van der Waals surface area contributed by atoms with Crippen molar-refractivity contribution in [2.75, 3.05) is 5.73 Å². The first-order valence-corrected chi connectivity index (χ1v) is 6.63. The highest BCUT2D eigenvalue weighted by Gasteiger charge is 2.15. The van der Waals surface area contributed by atoms with Gasteiger partial charge in [-0.15, -0.1) is 0 Å². The summed E-state index contributed by atoms with van der Waals surface area (Å²) in [7, 11) is 0. The van der Waals surface area contributed by atoms with Crippen molar-refractivity contribution < 1.29 is 13.6 Å². The van der Waals surface area contributed by atoms with Crippen LogP contribution in [0, 0.1) is 11.6 Å². The third-order valence-electron chi connectivity index (χ3n) is 3.09. The van der Waals surface area contributed by atoms with Gasteiger partial charge >= 0.3 is 0 Å². The van der Waals surface area contributed by atoms with Crippen LogP contribution in [0.4, 0.5) is 14.6 Å². The molecule has 5 N–H and O–H groups in total. The van der Waals surface area contributed by atoms with E-state index in [-0.39, 0.29) is 18.9 Å². The molecule has 0 unspecified atom stereocenters. The molecule has 0 saturated heterocycles. The lowest BCUT2D eigenvalue weighted by atomic mass is 10.1. The molecule has 0 aliphatic rings. The molecule has 0 radical (unpaired) electrons. The number of nitrogens with two attached hydrogens (primary N) is 2. The van der Waals surface area contributed by atoms with E-state index in [2.05, 4.69) is 10.3 Å². The van der Waals surface area contributed by atoms with Crippen molar-refractivity contribution in [2.45, 2.75) is 19.0 Å². The van der Waals surface area contributed by atoms with Crippen LogP contribution in [0.2, 0.25) is 0 Å². The van der Waals surface area contributed by atoms with E-state index in [0.717, 1.165) is 17.7 Å². The molecule has 1 heterocycles. The molecular weight excluding hydrogens is 290 g/mol. The van der Waals surface area contributed by atoms with Crippen molar-refractivity contribution in [3.8, 4) is 0 Å². The largest absolute Gasteiger partial charge is 0.384 e. The van der Waals surface area contributed by atoms with Gasteiger partial charge in [-0.1, -0.05) is 12.1 Å². The number of anilines is 1. The van der Waals surface area contributed by atoms with Crippen LogP contribution < -0.4 is 16.8 Å². The fourth-order valence-electron chi connectivity index (χ4n) is 1.87. The lowest BCUT2D eigenvalue weighted by Gasteiger charge is -2.12. The summed E-state index contributed by atoms with van der Waals surface area (Å²) in [6.07, 6.45) is 1.67. The molecule has 0 bridgehead atoms. The molecule has 1 aromatic heterocycles. The number of nitrogens with one attached hydrogen (secondary N) is 1. The SMILES string of the molecule is Nc1ccc(CNC(=O)[C@@H](N)Cc2ccc(F)c(F)c2)cn1. The van der Waals surface area contributed by atoms with Crippen LogP contribution in [0.3, 0.4) is 0 Å². The molecule has 5 nitrogen and oxygen atoms in total. The molecule has 0 saturated carbocycles. The highest BCUT2D eigenvalue weighted by molar-refractivity contribution is 5.81. The number of hydrogen-bond acceptors (Lipinski definition) is 4. The first-order chi connectivity index (χ1) is 10.5. The number of carbonyl (C=O) groups excluding carboxylic acids is 1. The van der Waals surface area contributed by atoms with Gasteiger partial charge in [0.15, 0.2) is 11.6 Å². The van der Waals surface area contributed by atoms with Gasteiger partial charge in [-0.3, -0.25) is 4.79 Å². The number of hydrogen-bond donors (Lipinski definition) is 3. The number of benzene rings is 1. The Bertz CT molecular complexity index is 661. The number of halogens is 2. The van der Waals surface area contributed by atoms with Crippen LogP contribution in [0.25, 0.3) is 0 Å². The predicted molar refractivity (Wildman–Crippen MR) is 78.5 cm³/mol. The molecule has 0 aliphatic carbocycles. The molecule has 2 aromatic rings. The van der Waals surface area contributed by atoms with Crippen LogP contribution in [0.1, 0.15) is 11.1 Å². The van der Waals surface area contributed by atoms with Crippen LogP contribution >= 0.6 is 0 Å². The number of amides is 1. The Labute approximate surface area is 126 Å². The van der Waals surface area contributed by atoms with E-state index in [1.165, 1.54) is 6.07 Å². The maximum atomic E-state index is 13.1. The lowest BCUT2D eigenvalue weighted by molar-refractivity contribution is -0.122. The smallest absolute Gasteiger partial charge is 0.237 e. The Morgan fingerprint density at radius 1 is 1.18 bits per heavy atom. The Kier molecular flexibility index (Phi) is 5.00. The normalized spacial score (nSPS) is 12.0. The molecule has 1 amide bonds. The van der Waals surface area contributed by atoms with Crippen molar-refractivity contribution in [3.63, 3.8) is 0 Å². The zero-order valence-corrected chi connectivity index (χ0v) is 11.7. The zero-order valence-electron chi connectivity index (χ0n) is 11.7. The summed E-state index contributed by atoms with van der Waals surface area (Å²) >= 11 is 0. The summed E-state index contributed by atoms with van der Waals surface area (Å²) in [5, 5.41) is 2.65. The quantitative estimate of drug-likeness (QED) is 0.772. The van der Waals surface area contributed by atoms with E-state index in [1.807, 2.05) is 0 Å². The Morgan fingerprint density at radius 2 is 1.91 bits per heavy atom. The molecular formula is C15H16F2N4O. The van der Waals surface area contributed by atoms with Gasteiger partial charge in [0.05, 0.1) is 6.04 Å². The molecule has 0 aliphatic heterocycles. The van der Waals surface area contributed by atoms with Crippen molar-refractivity contribution >= 4 is 11.7 Å². The number of nitrogen functional groups attached to an aromatic ring is 1. The maximum absolute atomic E-state index is 13.1. The second-order valence-corrected chi connectivity index (χ2v) is 4.87. The highest BCUT2D eigenvalue weighted by Crippen LogP contribution is 2.10. The average molecular weight is 306 g/mol. The van der Waals surface area contributed by atoms with Gasteiger partial charge in [-0.2, -0.15) is 0 Å². The number of carbonyl (C=O) groups is 1. The second kappa shape index (κ2) is 6.95. The molecule has 2 rings (SSSR count). The minimum Gasteiger partial charge on any atom is -0.384 e. The van der Waals surface area contributed by atoms with Crippen molar-refractivity contribution in [1.82, 2.24) is 10.3 Å². The summed E-state index contributed by atoms with van der Waals surface area (Å²) in [5.74, 6) is -1.89. The van der Waals surface area contributed by atoms with Crippen molar-refractivity contribution in [1.29, 1.82) is 0 Å². The number of nitrogens with zero attached hydrogens (tertiary/aromatic N) is 1. The Hall–Kier alpha value is -2.54. The first kappa shape index (κ1) is 15.8. The third-order valence-corrected chi connectivity index (χ3v) is 3.09. The Balaban J connectivity index is 1.88. The van der Waals surface area contributed by atoms with Gasteiger partial charge in [0.25, 0.3) is 0 Å². The summed E-state index contributed by atoms with van der Waals surface area (Å²) in [6.45, 7) is 0.262. The summed E-state index contributed by atoms with van der Waals surface area (Å²) in [6, 6.07) is 5.95. The Morgan fingerprint density at radius 3 is 2.55 bits per heavy atom. The number of rotatable bonds is 5. The number of aromatic nitrogens is 1. The van der Waals surface area contributed by atoms with Crippen molar-refractivity contribution in [3.05, 3.63) is 59.3 Å². The van der Waals surface area contributed by atoms with Gasteiger partial charge in [0, 0.05) is 12.7 Å². The summed E-state index contributed by atoms with van der Waals surface area (Å²) in [5.41, 5.74) is 12.5. The molecule has 1 aromatic carbocycles. The van der Waals surface area contributed by atoms with Gasteiger partial charge in [0.1, 0.15) is 5.82 Å². The molecule has 22 heavy (non-hydrogen) atoms. The van der Waals surface area contributed by atoms with Gasteiger partial charge in [-0.05, 0) is 35.7 Å². The molecule has 116 valence electrons. The molecule has 0 spiro atoms. The second-order valence-electron chi connectivity index (χ2n) is 4.87. The van der Waals surface area contributed by atoms with Crippen LogP contribution in [0.15, 0.2) is 36.5 Å². The summed E-state index contributed by atoms with van der Waals surface area (Å²) in [4.78, 5) is 15.8. The van der Waals surface area contributed by atoms with Gasteiger partial charge < -0.3 is 16.8 Å². The van der Waals surface area contributed by atoms with Crippen LogP contribution in [-0.2, 0) is 17.8 Å². The highest BCUT2D eigenvalue weighted by atomic mass is 19.2. The van der Waals surface area contributed by atoms with E-state index >= 15 is 0 Å². The monoisotopic (exact) mass is 306 g/mol. The average Bonchev–Trinajstić information content (AvgIpc) is 2.50. The first-order valence-electron chi connectivity index (χ1n) is 6.63. The van der Waals surface area contributed by atoms with Crippen LogP contribution in [-0.4, -0.2) is 16.9 Å².